The highest BCUT2D eigenvalue weighted by molar-refractivity contribution is 7.85. The van der Waals surface area contributed by atoms with Crippen LogP contribution in [0.3, 0.4) is 0 Å². The highest BCUT2D eigenvalue weighted by Crippen LogP contribution is 2.10. The molecule has 0 spiro atoms. The number of hydrogen-bond acceptors (Lipinski definition) is 3. The van der Waals surface area contributed by atoms with Crippen LogP contribution < -0.4 is 6.15 Å². The van der Waals surface area contributed by atoms with Crippen LogP contribution >= 0.6 is 0 Å². The molecule has 0 bridgehead atoms. The third-order valence-electron chi connectivity index (χ3n) is 1.40. The maximum absolute atomic E-state index is 10.5. The normalized spacial score (nSPS) is 9.50. The van der Waals surface area contributed by atoms with Gasteiger partial charge in [-0.15, -0.1) is 0 Å². The van der Waals surface area contributed by atoms with Gasteiger partial charge in [0.15, 0.2) is 0 Å². The third-order valence-corrected chi connectivity index (χ3v) is 2.25. The Hall–Kier alpha value is -1.21. The second-order valence-electron chi connectivity index (χ2n) is 2.23. The molecule has 1 rings (SSSR count). The van der Waals surface area contributed by atoms with Crippen molar-refractivity contribution < 1.29 is 18.4 Å². The number of hydrogen-bond donors (Lipinski definition) is 1. The molecule has 0 saturated heterocycles. The Balaban J connectivity index is 0. The van der Waals surface area contributed by atoms with Gasteiger partial charge in [-0.3, -0.25) is 0 Å². The molecular formula is C8H13NO4S. The fourth-order valence-corrected chi connectivity index (χ4v) is 1.24. The summed E-state index contributed by atoms with van der Waals surface area (Å²) in [6.07, 6.45) is 1.57. The standard InChI is InChI=1S/C8H8O3S.H3N.H2O/c1-2-7-3-5-8(6-4-7)12(9,10)11;;/h2-6H,1H2,(H,9,10,11);1H3;1H2. The third kappa shape index (κ3) is 3.67. The van der Waals surface area contributed by atoms with Gasteiger partial charge in [0.05, 0.1) is 4.90 Å². The molecule has 6 N–H and O–H groups in total. The van der Waals surface area contributed by atoms with Crippen molar-refractivity contribution >= 4 is 16.2 Å². The second kappa shape index (κ2) is 5.51. The zero-order valence-corrected chi connectivity index (χ0v) is 8.54. The molecular weight excluding hydrogens is 206 g/mol. The van der Waals surface area contributed by atoms with Crippen molar-refractivity contribution in [1.29, 1.82) is 0 Å². The molecule has 0 heterocycles. The molecule has 14 heavy (non-hydrogen) atoms. The van der Waals surface area contributed by atoms with E-state index in [2.05, 4.69) is 6.58 Å². The van der Waals surface area contributed by atoms with Crippen molar-refractivity contribution in [2.24, 2.45) is 0 Å². The van der Waals surface area contributed by atoms with E-state index in [9.17, 15) is 13.0 Å². The average molecular weight is 219 g/mol. The molecule has 0 aliphatic rings. The van der Waals surface area contributed by atoms with Crippen molar-refractivity contribution in [3.8, 4) is 0 Å². The summed E-state index contributed by atoms with van der Waals surface area (Å²) >= 11 is 0. The van der Waals surface area contributed by atoms with Crippen LogP contribution in [0.4, 0.5) is 0 Å². The Morgan fingerprint density at radius 2 is 1.64 bits per heavy atom. The number of quaternary nitrogens is 1. The summed E-state index contributed by atoms with van der Waals surface area (Å²) in [5, 5.41) is 0. The van der Waals surface area contributed by atoms with E-state index in [1.165, 1.54) is 24.3 Å². The summed E-state index contributed by atoms with van der Waals surface area (Å²) in [6, 6.07) is 5.58. The van der Waals surface area contributed by atoms with Gasteiger partial charge in [-0.1, -0.05) is 24.8 Å². The average Bonchev–Trinajstić information content (AvgIpc) is 2.03. The van der Waals surface area contributed by atoms with E-state index in [4.69, 9.17) is 0 Å². The molecule has 0 aromatic heterocycles. The minimum atomic E-state index is -4.31. The summed E-state index contributed by atoms with van der Waals surface area (Å²) in [6.45, 7) is 3.50. The Labute approximate surface area is 82.7 Å². The summed E-state index contributed by atoms with van der Waals surface area (Å²) in [7, 11) is -4.31. The van der Waals surface area contributed by atoms with Gasteiger partial charge in [0, 0.05) is 0 Å². The highest BCUT2D eigenvalue weighted by atomic mass is 32.2. The van der Waals surface area contributed by atoms with Crippen LogP contribution in [0.15, 0.2) is 35.7 Å². The number of rotatable bonds is 2. The fraction of sp³-hybridized carbons (Fsp3) is 0. The van der Waals surface area contributed by atoms with E-state index in [0.717, 1.165) is 5.56 Å². The van der Waals surface area contributed by atoms with Crippen LogP contribution in [0.1, 0.15) is 5.56 Å². The maximum Gasteiger partial charge on any atom is 0.124 e. The van der Waals surface area contributed by atoms with E-state index in [1.807, 2.05) is 0 Å². The lowest BCUT2D eigenvalue weighted by atomic mass is 10.2. The van der Waals surface area contributed by atoms with Crippen molar-refractivity contribution in [2.45, 2.75) is 4.90 Å². The smallest absolute Gasteiger partial charge is 0.124 e. The largest absolute Gasteiger partial charge is 0.744 e. The summed E-state index contributed by atoms with van der Waals surface area (Å²) < 4.78 is 31.4. The van der Waals surface area contributed by atoms with Crippen molar-refractivity contribution in [3.05, 3.63) is 36.4 Å². The number of benzene rings is 1. The monoisotopic (exact) mass is 219 g/mol. The highest BCUT2D eigenvalue weighted by Gasteiger charge is 1.98. The van der Waals surface area contributed by atoms with Gasteiger partial charge in [0.25, 0.3) is 0 Å². The van der Waals surface area contributed by atoms with Crippen LogP contribution in [-0.4, -0.2) is 18.4 Å². The van der Waals surface area contributed by atoms with Crippen LogP contribution in [0.25, 0.3) is 6.08 Å². The quantitative estimate of drug-likeness (QED) is 0.738. The maximum atomic E-state index is 10.5. The first-order valence-electron chi connectivity index (χ1n) is 3.22. The summed E-state index contributed by atoms with van der Waals surface area (Å²) in [5.74, 6) is 0. The van der Waals surface area contributed by atoms with E-state index in [0.29, 0.717) is 0 Å². The van der Waals surface area contributed by atoms with Crippen molar-refractivity contribution in [2.75, 3.05) is 0 Å². The Kier molecular flexibility index (Phi) is 6.01. The Bertz CT molecular complexity index is 382. The van der Waals surface area contributed by atoms with Gasteiger partial charge >= 0.3 is 0 Å². The van der Waals surface area contributed by atoms with Crippen LogP contribution in [0.5, 0.6) is 0 Å². The molecule has 0 aliphatic carbocycles. The van der Waals surface area contributed by atoms with E-state index in [-0.39, 0.29) is 16.5 Å². The van der Waals surface area contributed by atoms with Crippen LogP contribution in [0.2, 0.25) is 0 Å². The SMILES string of the molecule is C=Cc1ccc(S(=O)(=O)[O-])cc1.O.[NH4+]. The zero-order chi connectivity index (χ0) is 9.19. The lowest BCUT2D eigenvalue weighted by Crippen LogP contribution is -1.97. The topological polar surface area (TPSA) is 125 Å². The van der Waals surface area contributed by atoms with Gasteiger partial charge in [0.1, 0.15) is 10.1 Å². The molecule has 0 unspecified atom stereocenters. The van der Waals surface area contributed by atoms with Gasteiger partial charge in [0.2, 0.25) is 0 Å². The molecule has 5 nitrogen and oxygen atoms in total. The minimum Gasteiger partial charge on any atom is -0.744 e. The lowest BCUT2D eigenvalue weighted by Gasteiger charge is -2.05. The van der Waals surface area contributed by atoms with Gasteiger partial charge < -0.3 is 16.2 Å². The molecule has 0 aliphatic heterocycles. The van der Waals surface area contributed by atoms with Gasteiger partial charge in [-0.25, -0.2) is 8.42 Å². The first-order chi connectivity index (χ1) is 5.54. The predicted octanol–water partition coefficient (Wildman–Crippen LogP) is 0.785. The minimum absolute atomic E-state index is 0. The fourth-order valence-electron chi connectivity index (χ4n) is 0.771. The summed E-state index contributed by atoms with van der Waals surface area (Å²) in [5.41, 5.74) is 0.780. The molecule has 6 heteroatoms. The molecule has 0 amide bonds. The van der Waals surface area contributed by atoms with Gasteiger partial charge in [-0.05, 0) is 17.7 Å². The van der Waals surface area contributed by atoms with Crippen LogP contribution in [0, 0.1) is 0 Å². The lowest BCUT2D eigenvalue weighted by molar-refractivity contribution is 0.463. The predicted molar refractivity (Wildman–Crippen MR) is 54.1 cm³/mol. The molecule has 0 fully saturated rings. The molecule has 1 aromatic carbocycles. The van der Waals surface area contributed by atoms with E-state index < -0.39 is 10.1 Å². The van der Waals surface area contributed by atoms with Crippen molar-refractivity contribution in [1.82, 2.24) is 6.15 Å². The van der Waals surface area contributed by atoms with E-state index >= 15 is 0 Å². The molecule has 0 saturated carbocycles. The zero-order valence-electron chi connectivity index (χ0n) is 7.73. The second-order valence-corrected chi connectivity index (χ2v) is 3.61. The molecule has 1 aromatic rings. The Morgan fingerprint density at radius 1 is 1.21 bits per heavy atom. The van der Waals surface area contributed by atoms with Crippen molar-refractivity contribution in [3.63, 3.8) is 0 Å². The van der Waals surface area contributed by atoms with Crippen LogP contribution in [-0.2, 0) is 10.1 Å². The molecule has 80 valence electrons. The molecule has 0 radical (unpaired) electrons. The van der Waals surface area contributed by atoms with E-state index in [1.54, 1.807) is 6.08 Å². The summed E-state index contributed by atoms with van der Waals surface area (Å²) in [4.78, 5) is -0.215. The molecule has 0 atom stereocenters. The first kappa shape index (κ1) is 15.3. The van der Waals surface area contributed by atoms with Gasteiger partial charge in [-0.2, -0.15) is 0 Å². The first-order valence-corrected chi connectivity index (χ1v) is 4.63. The Morgan fingerprint density at radius 3 is 1.93 bits per heavy atom.